The number of hydrogen-bond acceptors (Lipinski definition) is 1. The lowest BCUT2D eigenvalue weighted by atomic mass is 9.88. The Bertz CT molecular complexity index is 614. The molecule has 1 N–H and O–H groups in total. The second kappa shape index (κ2) is 4.32. The molecule has 18 heavy (non-hydrogen) atoms. The van der Waals surface area contributed by atoms with E-state index in [9.17, 15) is 9.90 Å². The van der Waals surface area contributed by atoms with Crippen molar-refractivity contribution in [3.05, 3.63) is 35.0 Å². The van der Waals surface area contributed by atoms with Gasteiger partial charge in [0.25, 0.3) is 0 Å². The molecule has 0 aliphatic heterocycles. The van der Waals surface area contributed by atoms with Gasteiger partial charge in [-0.15, -0.1) is 0 Å². The lowest BCUT2D eigenvalue weighted by Crippen LogP contribution is -2.27. The van der Waals surface area contributed by atoms with Gasteiger partial charge in [0.2, 0.25) is 0 Å². The predicted molar refractivity (Wildman–Crippen MR) is 73.0 cm³/mol. The number of nitrogens with zero attached hydrogens (tertiary/aromatic N) is 1. The third-order valence-electron chi connectivity index (χ3n) is 3.31. The zero-order chi connectivity index (χ0) is 13.5. The van der Waals surface area contributed by atoms with Crippen molar-refractivity contribution in [1.82, 2.24) is 4.57 Å². The van der Waals surface area contributed by atoms with Crippen LogP contribution in [-0.2, 0) is 18.3 Å². The Labute approximate surface area is 111 Å². The standard InChI is InChI=1S/C14H16ClNO2/c1-14(2,13(17)18)8-11-7-9-6-10(15)4-5-12(9)16(11)3/h4-7H,8H2,1-3H3,(H,17,18). The molecular formula is C14H16ClNO2. The van der Waals surface area contributed by atoms with E-state index in [0.29, 0.717) is 11.4 Å². The van der Waals surface area contributed by atoms with Crippen LogP contribution < -0.4 is 0 Å². The number of hydrogen-bond donors (Lipinski definition) is 1. The first-order valence-electron chi connectivity index (χ1n) is 5.78. The quantitative estimate of drug-likeness (QED) is 0.923. The average molecular weight is 266 g/mol. The first-order chi connectivity index (χ1) is 8.31. The molecule has 0 aliphatic carbocycles. The number of aryl methyl sites for hydroxylation is 1. The SMILES string of the molecule is Cn1c(CC(C)(C)C(=O)O)cc2cc(Cl)ccc21. The molecule has 0 fully saturated rings. The van der Waals surface area contributed by atoms with Crippen LogP contribution in [0.5, 0.6) is 0 Å². The summed E-state index contributed by atoms with van der Waals surface area (Å²) >= 11 is 5.96. The third-order valence-corrected chi connectivity index (χ3v) is 3.54. The summed E-state index contributed by atoms with van der Waals surface area (Å²) in [6.45, 7) is 3.47. The van der Waals surface area contributed by atoms with Gasteiger partial charge in [-0.25, -0.2) is 0 Å². The van der Waals surface area contributed by atoms with Crippen LogP contribution in [0.2, 0.25) is 5.02 Å². The van der Waals surface area contributed by atoms with Gasteiger partial charge in [-0.3, -0.25) is 4.79 Å². The third kappa shape index (κ3) is 2.23. The molecule has 0 bridgehead atoms. The molecule has 96 valence electrons. The summed E-state index contributed by atoms with van der Waals surface area (Å²) in [5.74, 6) is -0.786. The Morgan fingerprint density at radius 2 is 2.06 bits per heavy atom. The van der Waals surface area contributed by atoms with Crippen LogP contribution in [-0.4, -0.2) is 15.6 Å². The number of carboxylic acid groups (broad SMARTS) is 1. The minimum absolute atomic E-state index is 0.491. The lowest BCUT2D eigenvalue weighted by molar-refractivity contribution is -0.146. The highest BCUT2D eigenvalue weighted by Crippen LogP contribution is 2.28. The van der Waals surface area contributed by atoms with E-state index >= 15 is 0 Å². The Balaban J connectivity index is 2.46. The number of fused-ring (bicyclic) bond motifs is 1. The van der Waals surface area contributed by atoms with E-state index in [1.807, 2.05) is 35.9 Å². The maximum absolute atomic E-state index is 11.2. The summed E-state index contributed by atoms with van der Waals surface area (Å²) in [6.07, 6.45) is 0.491. The molecule has 0 saturated carbocycles. The van der Waals surface area contributed by atoms with Gasteiger partial charge in [-0.05, 0) is 38.1 Å². The number of carbonyl (C=O) groups is 1. The van der Waals surface area contributed by atoms with Crippen LogP contribution in [0.15, 0.2) is 24.3 Å². The van der Waals surface area contributed by atoms with Crippen LogP contribution in [0.3, 0.4) is 0 Å². The Hall–Kier alpha value is -1.48. The lowest BCUT2D eigenvalue weighted by Gasteiger charge is -2.19. The molecule has 1 aromatic heterocycles. The van der Waals surface area contributed by atoms with E-state index in [4.69, 9.17) is 11.6 Å². The van der Waals surface area contributed by atoms with Gasteiger partial charge in [0.1, 0.15) is 0 Å². The first-order valence-corrected chi connectivity index (χ1v) is 6.16. The molecule has 0 radical (unpaired) electrons. The maximum atomic E-state index is 11.2. The van der Waals surface area contributed by atoms with Gasteiger partial charge >= 0.3 is 5.97 Å². The van der Waals surface area contributed by atoms with Crippen LogP contribution in [0.25, 0.3) is 10.9 Å². The highest BCUT2D eigenvalue weighted by Gasteiger charge is 2.28. The fraction of sp³-hybridized carbons (Fsp3) is 0.357. The van der Waals surface area contributed by atoms with Gasteiger partial charge in [-0.2, -0.15) is 0 Å². The van der Waals surface area contributed by atoms with Crippen molar-refractivity contribution < 1.29 is 9.90 Å². The van der Waals surface area contributed by atoms with E-state index in [2.05, 4.69) is 0 Å². The highest BCUT2D eigenvalue weighted by molar-refractivity contribution is 6.31. The minimum Gasteiger partial charge on any atom is -0.481 e. The molecule has 0 atom stereocenters. The monoisotopic (exact) mass is 265 g/mol. The van der Waals surface area contributed by atoms with Crippen molar-refractivity contribution in [2.24, 2.45) is 12.5 Å². The predicted octanol–water partition coefficient (Wildman–Crippen LogP) is 3.49. The van der Waals surface area contributed by atoms with E-state index in [0.717, 1.165) is 16.6 Å². The Kier molecular flexibility index (Phi) is 3.11. The second-order valence-electron chi connectivity index (χ2n) is 5.26. The van der Waals surface area contributed by atoms with Crippen LogP contribution in [0.4, 0.5) is 0 Å². The fourth-order valence-electron chi connectivity index (χ4n) is 2.08. The van der Waals surface area contributed by atoms with Crippen molar-refractivity contribution in [1.29, 1.82) is 0 Å². The molecule has 0 aliphatic rings. The van der Waals surface area contributed by atoms with Crippen molar-refractivity contribution in [3.8, 4) is 0 Å². The number of aromatic nitrogens is 1. The number of aliphatic carboxylic acids is 1. The maximum Gasteiger partial charge on any atom is 0.309 e. The summed E-state index contributed by atoms with van der Waals surface area (Å²) < 4.78 is 2.02. The van der Waals surface area contributed by atoms with Crippen LogP contribution >= 0.6 is 11.6 Å². The molecule has 0 saturated heterocycles. The van der Waals surface area contributed by atoms with Gasteiger partial charge in [-0.1, -0.05) is 11.6 Å². The van der Waals surface area contributed by atoms with Gasteiger partial charge in [0.15, 0.2) is 0 Å². The molecule has 3 nitrogen and oxygen atoms in total. The summed E-state index contributed by atoms with van der Waals surface area (Å²) in [4.78, 5) is 11.2. The number of rotatable bonds is 3. The molecule has 1 heterocycles. The summed E-state index contributed by atoms with van der Waals surface area (Å²) in [5.41, 5.74) is 1.29. The number of halogens is 1. The molecule has 0 amide bonds. The average Bonchev–Trinajstić information content (AvgIpc) is 2.54. The second-order valence-corrected chi connectivity index (χ2v) is 5.70. The van der Waals surface area contributed by atoms with Crippen molar-refractivity contribution >= 4 is 28.5 Å². The van der Waals surface area contributed by atoms with E-state index in [1.165, 1.54) is 0 Å². The molecule has 1 aromatic carbocycles. The van der Waals surface area contributed by atoms with E-state index < -0.39 is 11.4 Å². The number of benzene rings is 1. The summed E-state index contributed by atoms with van der Waals surface area (Å²) in [7, 11) is 1.95. The Morgan fingerprint density at radius 1 is 1.39 bits per heavy atom. The van der Waals surface area contributed by atoms with Gasteiger partial charge in [0.05, 0.1) is 5.41 Å². The molecule has 0 unspecified atom stereocenters. The normalized spacial score (nSPS) is 12.0. The van der Waals surface area contributed by atoms with Crippen molar-refractivity contribution in [3.63, 3.8) is 0 Å². The van der Waals surface area contributed by atoms with Crippen LogP contribution in [0, 0.1) is 5.41 Å². The zero-order valence-corrected chi connectivity index (χ0v) is 11.5. The smallest absolute Gasteiger partial charge is 0.309 e. The molecule has 2 aromatic rings. The first kappa shape index (κ1) is 13.0. The molecular weight excluding hydrogens is 250 g/mol. The Morgan fingerprint density at radius 3 is 2.67 bits per heavy atom. The molecule has 2 rings (SSSR count). The highest BCUT2D eigenvalue weighted by atomic mass is 35.5. The van der Waals surface area contributed by atoms with E-state index in [1.54, 1.807) is 13.8 Å². The topological polar surface area (TPSA) is 42.2 Å². The van der Waals surface area contributed by atoms with E-state index in [-0.39, 0.29) is 0 Å². The zero-order valence-electron chi connectivity index (χ0n) is 10.7. The largest absolute Gasteiger partial charge is 0.481 e. The fourth-order valence-corrected chi connectivity index (χ4v) is 2.26. The minimum atomic E-state index is -0.786. The van der Waals surface area contributed by atoms with Gasteiger partial charge in [0, 0.05) is 35.1 Å². The van der Waals surface area contributed by atoms with Crippen LogP contribution in [0.1, 0.15) is 19.5 Å². The summed E-state index contributed by atoms with van der Waals surface area (Å²) in [5, 5.41) is 10.9. The molecule has 4 heteroatoms. The number of carboxylic acids is 1. The summed E-state index contributed by atoms with van der Waals surface area (Å²) in [6, 6.07) is 7.70. The van der Waals surface area contributed by atoms with Gasteiger partial charge < -0.3 is 9.67 Å². The van der Waals surface area contributed by atoms with Crippen molar-refractivity contribution in [2.45, 2.75) is 20.3 Å². The van der Waals surface area contributed by atoms with Crippen molar-refractivity contribution in [2.75, 3.05) is 0 Å². The molecule has 0 spiro atoms.